The van der Waals surface area contributed by atoms with Gasteiger partial charge < -0.3 is 20.3 Å². The zero-order chi connectivity index (χ0) is 14.5. The second kappa shape index (κ2) is 6.38. The lowest BCUT2D eigenvalue weighted by Gasteiger charge is -2.31. The number of nitrogens with zero attached hydrogens (tertiary/aromatic N) is 2. The Hall–Kier alpha value is -2.08. The molecular weight excluding hydrogens is 258 g/mol. The van der Waals surface area contributed by atoms with Gasteiger partial charge in [-0.3, -0.25) is 9.59 Å². The minimum Gasteiger partial charge on any atom is -0.492 e. The van der Waals surface area contributed by atoms with Crippen molar-refractivity contribution in [2.24, 2.45) is 5.73 Å². The average Bonchev–Trinajstić information content (AvgIpc) is 2.44. The van der Waals surface area contributed by atoms with Gasteiger partial charge in [-0.05, 0) is 17.7 Å². The van der Waals surface area contributed by atoms with E-state index in [0.717, 1.165) is 11.3 Å². The Morgan fingerprint density at radius 3 is 2.80 bits per heavy atom. The first-order valence-electron chi connectivity index (χ1n) is 6.53. The summed E-state index contributed by atoms with van der Waals surface area (Å²) in [6.45, 7) is 1.49. The SMILES string of the molecule is CN1CC(=O)N(CCOc2cccc(CN)c2)CC1=O. The van der Waals surface area contributed by atoms with Crippen molar-refractivity contribution in [3.63, 3.8) is 0 Å². The van der Waals surface area contributed by atoms with E-state index in [4.69, 9.17) is 10.5 Å². The number of hydrogen-bond acceptors (Lipinski definition) is 4. The molecule has 0 spiro atoms. The normalized spacial score (nSPS) is 15.7. The number of benzene rings is 1. The molecule has 6 nitrogen and oxygen atoms in total. The van der Waals surface area contributed by atoms with E-state index in [1.807, 2.05) is 24.3 Å². The number of likely N-dealkylation sites (N-methyl/N-ethyl adjacent to an activating group) is 1. The van der Waals surface area contributed by atoms with Crippen LogP contribution in [0.5, 0.6) is 5.75 Å². The molecule has 1 aromatic rings. The van der Waals surface area contributed by atoms with Gasteiger partial charge in [0.2, 0.25) is 11.8 Å². The largest absolute Gasteiger partial charge is 0.492 e. The molecule has 0 saturated carbocycles. The molecule has 2 amide bonds. The van der Waals surface area contributed by atoms with Gasteiger partial charge in [0.15, 0.2) is 0 Å². The van der Waals surface area contributed by atoms with Crippen LogP contribution in [-0.2, 0) is 16.1 Å². The summed E-state index contributed by atoms with van der Waals surface area (Å²) in [4.78, 5) is 26.3. The zero-order valence-corrected chi connectivity index (χ0v) is 11.5. The van der Waals surface area contributed by atoms with Gasteiger partial charge in [0.1, 0.15) is 12.4 Å². The van der Waals surface area contributed by atoms with Gasteiger partial charge in [0.25, 0.3) is 0 Å². The molecule has 1 saturated heterocycles. The maximum Gasteiger partial charge on any atom is 0.242 e. The van der Waals surface area contributed by atoms with Gasteiger partial charge in [-0.15, -0.1) is 0 Å². The molecule has 1 heterocycles. The highest BCUT2D eigenvalue weighted by Crippen LogP contribution is 2.13. The van der Waals surface area contributed by atoms with Crippen molar-refractivity contribution in [2.75, 3.05) is 33.3 Å². The van der Waals surface area contributed by atoms with Gasteiger partial charge >= 0.3 is 0 Å². The van der Waals surface area contributed by atoms with Crippen LogP contribution in [0.2, 0.25) is 0 Å². The maximum atomic E-state index is 11.8. The van der Waals surface area contributed by atoms with Gasteiger partial charge in [-0.1, -0.05) is 12.1 Å². The third-order valence-electron chi connectivity index (χ3n) is 3.24. The fourth-order valence-corrected chi connectivity index (χ4v) is 2.00. The maximum absolute atomic E-state index is 11.8. The van der Waals surface area contributed by atoms with E-state index in [0.29, 0.717) is 19.7 Å². The van der Waals surface area contributed by atoms with E-state index in [-0.39, 0.29) is 24.9 Å². The van der Waals surface area contributed by atoms with Crippen molar-refractivity contribution >= 4 is 11.8 Å². The van der Waals surface area contributed by atoms with Crippen molar-refractivity contribution in [1.29, 1.82) is 0 Å². The number of carbonyl (C=O) groups excluding carboxylic acids is 2. The van der Waals surface area contributed by atoms with Crippen molar-refractivity contribution in [3.05, 3.63) is 29.8 Å². The van der Waals surface area contributed by atoms with Crippen LogP contribution >= 0.6 is 0 Å². The fourth-order valence-electron chi connectivity index (χ4n) is 2.00. The molecular formula is C14H19N3O3. The van der Waals surface area contributed by atoms with E-state index in [2.05, 4.69) is 0 Å². The van der Waals surface area contributed by atoms with Crippen molar-refractivity contribution in [2.45, 2.75) is 6.54 Å². The first-order chi connectivity index (χ1) is 9.60. The minimum atomic E-state index is -0.0496. The molecule has 0 unspecified atom stereocenters. The van der Waals surface area contributed by atoms with Crippen LogP contribution in [0.4, 0.5) is 0 Å². The van der Waals surface area contributed by atoms with Crippen LogP contribution in [-0.4, -0.2) is 54.9 Å². The van der Waals surface area contributed by atoms with E-state index in [9.17, 15) is 9.59 Å². The minimum absolute atomic E-state index is 0.0465. The van der Waals surface area contributed by atoms with Gasteiger partial charge in [0.05, 0.1) is 19.6 Å². The molecule has 0 radical (unpaired) electrons. The molecule has 0 aliphatic carbocycles. The number of amides is 2. The average molecular weight is 277 g/mol. The molecule has 2 rings (SSSR count). The summed E-state index contributed by atoms with van der Waals surface area (Å²) in [5.74, 6) is 0.627. The summed E-state index contributed by atoms with van der Waals surface area (Å²) in [6.07, 6.45) is 0. The smallest absolute Gasteiger partial charge is 0.242 e. The fraction of sp³-hybridized carbons (Fsp3) is 0.429. The lowest BCUT2D eigenvalue weighted by atomic mass is 10.2. The number of ether oxygens (including phenoxy) is 1. The molecule has 0 atom stereocenters. The van der Waals surface area contributed by atoms with E-state index in [1.54, 1.807) is 7.05 Å². The van der Waals surface area contributed by atoms with Crippen molar-refractivity contribution < 1.29 is 14.3 Å². The standard InChI is InChI=1S/C14H19N3O3/c1-16-9-14(19)17(10-13(16)18)5-6-20-12-4-2-3-11(7-12)8-15/h2-4,7H,5-6,8-10,15H2,1H3. The number of rotatable bonds is 5. The third kappa shape index (κ3) is 3.48. The molecule has 2 N–H and O–H groups in total. The van der Waals surface area contributed by atoms with E-state index < -0.39 is 0 Å². The van der Waals surface area contributed by atoms with Crippen LogP contribution in [0, 0.1) is 0 Å². The number of piperazine rings is 1. The summed E-state index contributed by atoms with van der Waals surface area (Å²) >= 11 is 0. The number of hydrogen-bond donors (Lipinski definition) is 1. The Morgan fingerprint density at radius 2 is 2.05 bits per heavy atom. The molecule has 1 aromatic carbocycles. The van der Waals surface area contributed by atoms with Gasteiger partial charge in [-0.2, -0.15) is 0 Å². The molecule has 1 aliphatic rings. The number of nitrogens with two attached hydrogens (primary N) is 1. The second-order valence-electron chi connectivity index (χ2n) is 4.77. The lowest BCUT2D eigenvalue weighted by Crippen LogP contribution is -2.53. The Balaban J connectivity index is 1.83. The highest BCUT2D eigenvalue weighted by molar-refractivity contribution is 5.92. The summed E-state index contributed by atoms with van der Waals surface area (Å²) in [6, 6.07) is 7.52. The second-order valence-corrected chi connectivity index (χ2v) is 4.77. The molecule has 20 heavy (non-hydrogen) atoms. The Labute approximate surface area is 118 Å². The molecule has 108 valence electrons. The van der Waals surface area contributed by atoms with Crippen LogP contribution in [0.15, 0.2) is 24.3 Å². The van der Waals surface area contributed by atoms with Crippen LogP contribution in [0.25, 0.3) is 0 Å². The van der Waals surface area contributed by atoms with E-state index in [1.165, 1.54) is 9.80 Å². The Morgan fingerprint density at radius 1 is 1.25 bits per heavy atom. The van der Waals surface area contributed by atoms with Crippen molar-refractivity contribution in [3.8, 4) is 5.75 Å². The highest BCUT2D eigenvalue weighted by Gasteiger charge is 2.26. The predicted molar refractivity (Wildman–Crippen MR) is 74.0 cm³/mol. The molecule has 0 aromatic heterocycles. The zero-order valence-electron chi connectivity index (χ0n) is 11.5. The molecule has 1 aliphatic heterocycles. The van der Waals surface area contributed by atoms with Crippen molar-refractivity contribution in [1.82, 2.24) is 9.80 Å². The van der Waals surface area contributed by atoms with Gasteiger partial charge in [0, 0.05) is 13.6 Å². The molecule has 1 fully saturated rings. The molecule has 6 heteroatoms. The van der Waals surface area contributed by atoms with Crippen LogP contribution in [0.3, 0.4) is 0 Å². The first kappa shape index (κ1) is 14.3. The lowest BCUT2D eigenvalue weighted by molar-refractivity contribution is -0.149. The topological polar surface area (TPSA) is 75.9 Å². The highest BCUT2D eigenvalue weighted by atomic mass is 16.5. The summed E-state index contributed by atoms with van der Waals surface area (Å²) in [5.41, 5.74) is 6.55. The monoisotopic (exact) mass is 277 g/mol. The summed E-state index contributed by atoms with van der Waals surface area (Å²) in [5, 5.41) is 0. The summed E-state index contributed by atoms with van der Waals surface area (Å²) in [7, 11) is 1.63. The van der Waals surface area contributed by atoms with Crippen LogP contribution in [0.1, 0.15) is 5.56 Å². The number of carbonyl (C=O) groups is 2. The molecule has 0 bridgehead atoms. The summed E-state index contributed by atoms with van der Waals surface area (Å²) < 4.78 is 5.59. The predicted octanol–water partition coefficient (Wildman–Crippen LogP) is -0.175. The van der Waals surface area contributed by atoms with E-state index >= 15 is 0 Å². The Kier molecular flexibility index (Phi) is 4.57. The first-order valence-corrected chi connectivity index (χ1v) is 6.53. The van der Waals surface area contributed by atoms with Gasteiger partial charge in [-0.25, -0.2) is 0 Å². The Bertz CT molecular complexity index is 504. The quantitative estimate of drug-likeness (QED) is 0.810. The third-order valence-corrected chi connectivity index (χ3v) is 3.24. The van der Waals surface area contributed by atoms with Crippen LogP contribution < -0.4 is 10.5 Å².